The Bertz CT molecular complexity index is 464. The van der Waals surface area contributed by atoms with Crippen molar-refractivity contribution >= 4 is 5.78 Å². The lowest BCUT2D eigenvalue weighted by molar-refractivity contribution is -0.695. The number of benzene rings is 1. The van der Waals surface area contributed by atoms with Gasteiger partial charge in [-0.15, -0.1) is 0 Å². The van der Waals surface area contributed by atoms with Crippen LogP contribution in [-0.4, -0.2) is 36.2 Å². The molecular formula is C19H30NO3+. The maximum atomic E-state index is 11.6. The lowest BCUT2D eigenvalue weighted by atomic mass is 10.1. The van der Waals surface area contributed by atoms with E-state index in [0.717, 1.165) is 0 Å². The number of hydrogen-bond acceptors (Lipinski definition) is 3. The largest absolute Gasteiger partial charge is 0.491 e. The fourth-order valence-corrected chi connectivity index (χ4v) is 3.10. The summed E-state index contributed by atoms with van der Waals surface area (Å²) in [5.74, 6) is 0.834. The Labute approximate surface area is 139 Å². The highest BCUT2D eigenvalue weighted by Gasteiger charge is 2.17. The summed E-state index contributed by atoms with van der Waals surface area (Å²) >= 11 is 0. The van der Waals surface area contributed by atoms with Gasteiger partial charge in [0.15, 0.2) is 5.78 Å². The standard InChI is InChI=1S/C19H29NO3/c1-2-19(22)15-9-11-18(12-10-15)23-14-17(21)13-20-16-7-5-3-4-6-8-16/h9-12,16-17,20-21H,2-8,13-14H2,1H3/p+1/t17-/m0/s1. The summed E-state index contributed by atoms with van der Waals surface area (Å²) in [6.45, 7) is 2.84. The molecule has 1 aliphatic carbocycles. The lowest BCUT2D eigenvalue weighted by Crippen LogP contribution is -2.91. The maximum absolute atomic E-state index is 11.6. The number of quaternary nitrogens is 1. The molecule has 0 heterocycles. The zero-order valence-electron chi connectivity index (χ0n) is 14.2. The number of Topliss-reactive ketones (excluding diaryl/α,β-unsaturated/α-hetero) is 1. The van der Waals surface area contributed by atoms with E-state index in [0.29, 0.717) is 36.9 Å². The molecule has 4 nitrogen and oxygen atoms in total. The van der Waals surface area contributed by atoms with Crippen LogP contribution >= 0.6 is 0 Å². The molecule has 0 aliphatic heterocycles. The second-order valence-electron chi connectivity index (χ2n) is 6.49. The van der Waals surface area contributed by atoms with Gasteiger partial charge in [-0.2, -0.15) is 0 Å². The van der Waals surface area contributed by atoms with E-state index in [-0.39, 0.29) is 5.78 Å². The first-order valence-electron chi connectivity index (χ1n) is 8.96. The van der Waals surface area contributed by atoms with E-state index >= 15 is 0 Å². The number of carbonyl (C=O) groups is 1. The van der Waals surface area contributed by atoms with Gasteiger partial charge in [0.05, 0.1) is 6.04 Å². The van der Waals surface area contributed by atoms with Crippen LogP contribution in [0.15, 0.2) is 24.3 Å². The zero-order valence-corrected chi connectivity index (χ0v) is 14.2. The molecule has 128 valence electrons. The third-order valence-corrected chi connectivity index (χ3v) is 4.58. The summed E-state index contributed by atoms with van der Waals surface area (Å²) in [7, 11) is 0. The molecule has 0 unspecified atom stereocenters. The molecule has 1 aromatic carbocycles. The summed E-state index contributed by atoms with van der Waals surface area (Å²) in [6, 6.07) is 7.82. The molecule has 0 spiro atoms. The van der Waals surface area contributed by atoms with Crippen molar-refractivity contribution < 1.29 is 20.0 Å². The van der Waals surface area contributed by atoms with Gasteiger partial charge in [-0.1, -0.05) is 19.8 Å². The zero-order chi connectivity index (χ0) is 16.5. The predicted octanol–water partition coefficient (Wildman–Crippen LogP) is 2.31. The van der Waals surface area contributed by atoms with Gasteiger partial charge in [-0.05, 0) is 49.9 Å². The molecule has 1 fully saturated rings. The SMILES string of the molecule is CCC(=O)c1ccc(OC[C@@H](O)C[NH2+]C2CCCCCC2)cc1. The van der Waals surface area contributed by atoms with Crippen LogP contribution in [0.4, 0.5) is 0 Å². The lowest BCUT2D eigenvalue weighted by Gasteiger charge is -2.16. The van der Waals surface area contributed by atoms with Gasteiger partial charge in [0.2, 0.25) is 0 Å². The van der Waals surface area contributed by atoms with Gasteiger partial charge in [0.1, 0.15) is 25.0 Å². The van der Waals surface area contributed by atoms with Crippen LogP contribution in [0, 0.1) is 0 Å². The highest BCUT2D eigenvalue weighted by Crippen LogP contribution is 2.15. The first-order chi connectivity index (χ1) is 11.2. The van der Waals surface area contributed by atoms with E-state index in [2.05, 4.69) is 5.32 Å². The van der Waals surface area contributed by atoms with Crippen molar-refractivity contribution in [2.45, 2.75) is 64.0 Å². The van der Waals surface area contributed by atoms with E-state index < -0.39 is 6.10 Å². The summed E-state index contributed by atoms with van der Waals surface area (Å²) in [5, 5.41) is 12.4. The second-order valence-corrected chi connectivity index (χ2v) is 6.49. The van der Waals surface area contributed by atoms with Gasteiger partial charge < -0.3 is 15.2 Å². The number of nitrogens with two attached hydrogens (primary N) is 1. The molecule has 3 N–H and O–H groups in total. The fourth-order valence-electron chi connectivity index (χ4n) is 3.10. The van der Waals surface area contributed by atoms with E-state index in [4.69, 9.17) is 4.74 Å². The quantitative estimate of drug-likeness (QED) is 0.571. The smallest absolute Gasteiger partial charge is 0.162 e. The topological polar surface area (TPSA) is 63.1 Å². The Morgan fingerprint density at radius 3 is 2.48 bits per heavy atom. The average Bonchev–Trinajstić information content (AvgIpc) is 2.86. The Balaban J connectivity index is 1.69. The number of ether oxygens (including phenoxy) is 1. The maximum Gasteiger partial charge on any atom is 0.162 e. The van der Waals surface area contributed by atoms with Crippen molar-refractivity contribution in [1.82, 2.24) is 0 Å². The highest BCUT2D eigenvalue weighted by atomic mass is 16.5. The molecule has 0 bridgehead atoms. The molecule has 1 atom stereocenters. The average molecular weight is 320 g/mol. The van der Waals surface area contributed by atoms with E-state index in [1.807, 2.05) is 6.92 Å². The third kappa shape index (κ3) is 6.32. The molecule has 1 aromatic rings. The number of hydrogen-bond donors (Lipinski definition) is 2. The van der Waals surface area contributed by atoms with Gasteiger partial charge in [-0.25, -0.2) is 0 Å². The number of rotatable bonds is 8. The van der Waals surface area contributed by atoms with Crippen molar-refractivity contribution in [2.24, 2.45) is 0 Å². The van der Waals surface area contributed by atoms with Crippen LogP contribution in [0.2, 0.25) is 0 Å². The Hall–Kier alpha value is -1.39. The molecule has 0 radical (unpaired) electrons. The third-order valence-electron chi connectivity index (χ3n) is 4.58. The van der Waals surface area contributed by atoms with Gasteiger partial charge in [0, 0.05) is 12.0 Å². The van der Waals surface area contributed by atoms with Crippen LogP contribution in [-0.2, 0) is 0 Å². The predicted molar refractivity (Wildman–Crippen MR) is 90.8 cm³/mol. The number of ketones is 1. The Morgan fingerprint density at radius 2 is 1.87 bits per heavy atom. The normalized spacial score (nSPS) is 17.5. The molecule has 0 amide bonds. The molecule has 0 saturated heterocycles. The Kier molecular flexibility index (Phi) is 7.56. The summed E-state index contributed by atoms with van der Waals surface area (Å²) in [6.07, 6.45) is 7.92. The minimum atomic E-state index is -0.463. The van der Waals surface area contributed by atoms with Crippen LogP contribution < -0.4 is 10.1 Å². The monoisotopic (exact) mass is 320 g/mol. The molecule has 2 rings (SSSR count). The first-order valence-corrected chi connectivity index (χ1v) is 8.96. The van der Waals surface area contributed by atoms with Crippen LogP contribution in [0.5, 0.6) is 5.75 Å². The van der Waals surface area contributed by atoms with Crippen molar-refractivity contribution in [3.63, 3.8) is 0 Å². The number of aliphatic hydroxyl groups excluding tert-OH is 1. The van der Waals surface area contributed by atoms with Gasteiger partial charge >= 0.3 is 0 Å². The van der Waals surface area contributed by atoms with Gasteiger partial charge in [-0.3, -0.25) is 4.79 Å². The minimum absolute atomic E-state index is 0.134. The van der Waals surface area contributed by atoms with Crippen LogP contribution in [0.1, 0.15) is 62.2 Å². The second kappa shape index (κ2) is 9.68. The van der Waals surface area contributed by atoms with E-state index in [9.17, 15) is 9.90 Å². The van der Waals surface area contributed by atoms with Gasteiger partial charge in [0.25, 0.3) is 0 Å². The number of carbonyl (C=O) groups excluding carboxylic acids is 1. The van der Waals surface area contributed by atoms with Crippen molar-refractivity contribution in [1.29, 1.82) is 0 Å². The fraction of sp³-hybridized carbons (Fsp3) is 0.632. The van der Waals surface area contributed by atoms with E-state index in [1.165, 1.54) is 38.5 Å². The molecular weight excluding hydrogens is 290 g/mol. The summed E-state index contributed by atoms with van der Waals surface area (Å²) in [5.41, 5.74) is 0.710. The van der Waals surface area contributed by atoms with Crippen molar-refractivity contribution in [2.75, 3.05) is 13.2 Å². The molecule has 1 aliphatic rings. The first kappa shape index (κ1) is 18.0. The summed E-state index contributed by atoms with van der Waals surface area (Å²) < 4.78 is 5.62. The molecule has 23 heavy (non-hydrogen) atoms. The Morgan fingerprint density at radius 1 is 1.22 bits per heavy atom. The molecule has 0 aromatic heterocycles. The van der Waals surface area contributed by atoms with Crippen LogP contribution in [0.3, 0.4) is 0 Å². The van der Waals surface area contributed by atoms with Crippen LogP contribution in [0.25, 0.3) is 0 Å². The molecule has 1 saturated carbocycles. The van der Waals surface area contributed by atoms with E-state index in [1.54, 1.807) is 24.3 Å². The van der Waals surface area contributed by atoms with Crippen molar-refractivity contribution in [3.8, 4) is 5.75 Å². The highest BCUT2D eigenvalue weighted by molar-refractivity contribution is 5.95. The molecule has 4 heteroatoms. The van der Waals surface area contributed by atoms with Crippen molar-refractivity contribution in [3.05, 3.63) is 29.8 Å². The minimum Gasteiger partial charge on any atom is -0.491 e. The number of aliphatic hydroxyl groups is 1. The summed E-state index contributed by atoms with van der Waals surface area (Å²) in [4.78, 5) is 11.6.